The summed E-state index contributed by atoms with van der Waals surface area (Å²) in [6.45, 7) is 2.54. The Balaban J connectivity index is 2.10. The van der Waals surface area contributed by atoms with Crippen LogP contribution < -0.4 is 5.32 Å². The first-order valence-electron chi connectivity index (χ1n) is 6.22. The molecule has 4 nitrogen and oxygen atoms in total. The lowest BCUT2D eigenvalue weighted by Gasteiger charge is -2.23. The van der Waals surface area contributed by atoms with Gasteiger partial charge in [-0.3, -0.25) is 4.79 Å². The molecule has 1 amide bonds. The summed E-state index contributed by atoms with van der Waals surface area (Å²) in [7, 11) is 0. The highest BCUT2D eigenvalue weighted by Gasteiger charge is 2.25. The molecule has 0 saturated carbocycles. The highest BCUT2D eigenvalue weighted by molar-refractivity contribution is 5.82. The number of nitrogens with one attached hydrogen (secondary N) is 1. The molecule has 1 aromatic carbocycles. The number of benzene rings is 1. The van der Waals surface area contributed by atoms with Gasteiger partial charge in [-0.1, -0.05) is 6.07 Å². The number of aliphatic hydroxyl groups excluding tert-OH is 1. The average Bonchev–Trinajstić information content (AvgIpc) is 2.69. The van der Waals surface area contributed by atoms with Gasteiger partial charge in [0.1, 0.15) is 0 Å². The van der Waals surface area contributed by atoms with E-state index in [4.69, 9.17) is 0 Å². The van der Waals surface area contributed by atoms with Crippen LogP contribution in [-0.2, 0) is 4.79 Å². The quantitative estimate of drug-likeness (QED) is 0.836. The maximum atomic E-state index is 13.1. The Labute approximate surface area is 110 Å². The topological polar surface area (TPSA) is 52.6 Å². The number of halogens is 2. The van der Waals surface area contributed by atoms with Gasteiger partial charge in [-0.25, -0.2) is 8.78 Å². The monoisotopic (exact) mass is 270 g/mol. The fourth-order valence-corrected chi connectivity index (χ4v) is 2.06. The van der Waals surface area contributed by atoms with E-state index in [9.17, 15) is 18.7 Å². The number of aliphatic hydroxyl groups is 1. The minimum atomic E-state index is -1.45. The molecule has 1 fully saturated rings. The Morgan fingerprint density at radius 3 is 2.79 bits per heavy atom. The molecule has 1 aromatic rings. The number of nitrogens with zero attached hydrogens (tertiary/aromatic N) is 1. The SMILES string of the molecule is O=C(C(O)c1ccc(F)c(F)c1)N1CCCNCC1. The number of rotatable bonds is 2. The van der Waals surface area contributed by atoms with Crippen molar-refractivity contribution in [2.75, 3.05) is 26.2 Å². The fraction of sp³-hybridized carbons (Fsp3) is 0.462. The first kappa shape index (κ1) is 13.9. The van der Waals surface area contributed by atoms with E-state index in [0.29, 0.717) is 19.6 Å². The number of hydrogen-bond acceptors (Lipinski definition) is 3. The molecular formula is C13H16F2N2O2. The first-order valence-corrected chi connectivity index (χ1v) is 6.22. The van der Waals surface area contributed by atoms with E-state index in [1.54, 1.807) is 0 Å². The molecule has 1 aliphatic heterocycles. The number of hydrogen-bond donors (Lipinski definition) is 2. The van der Waals surface area contributed by atoms with Gasteiger partial charge in [-0.15, -0.1) is 0 Å². The summed E-state index contributed by atoms with van der Waals surface area (Å²) in [5.74, 6) is -2.54. The second-order valence-corrected chi connectivity index (χ2v) is 4.50. The summed E-state index contributed by atoms with van der Waals surface area (Å²) in [5, 5.41) is 13.1. The van der Waals surface area contributed by atoms with E-state index in [1.165, 1.54) is 11.0 Å². The fourth-order valence-electron chi connectivity index (χ4n) is 2.06. The lowest BCUT2D eigenvalue weighted by molar-refractivity contribution is -0.140. The molecule has 0 aromatic heterocycles. The van der Waals surface area contributed by atoms with Crippen molar-refractivity contribution in [3.05, 3.63) is 35.4 Å². The Morgan fingerprint density at radius 2 is 2.05 bits per heavy atom. The van der Waals surface area contributed by atoms with Crippen LogP contribution in [0.4, 0.5) is 8.78 Å². The van der Waals surface area contributed by atoms with Crippen molar-refractivity contribution in [2.24, 2.45) is 0 Å². The van der Waals surface area contributed by atoms with Gasteiger partial charge in [0.05, 0.1) is 0 Å². The summed E-state index contributed by atoms with van der Waals surface area (Å²) < 4.78 is 25.9. The molecule has 0 bridgehead atoms. The highest BCUT2D eigenvalue weighted by atomic mass is 19.2. The molecule has 1 atom stereocenters. The molecule has 19 heavy (non-hydrogen) atoms. The lowest BCUT2D eigenvalue weighted by Crippen LogP contribution is -2.37. The van der Waals surface area contributed by atoms with Crippen molar-refractivity contribution in [3.8, 4) is 0 Å². The number of carbonyl (C=O) groups excluding carboxylic acids is 1. The lowest BCUT2D eigenvalue weighted by atomic mass is 10.1. The van der Waals surface area contributed by atoms with Crippen LogP contribution in [0, 0.1) is 11.6 Å². The van der Waals surface area contributed by atoms with Gasteiger partial charge in [-0.2, -0.15) is 0 Å². The van der Waals surface area contributed by atoms with E-state index in [0.717, 1.165) is 25.1 Å². The van der Waals surface area contributed by atoms with E-state index in [1.807, 2.05) is 0 Å². The molecule has 0 spiro atoms. The van der Waals surface area contributed by atoms with Crippen molar-refractivity contribution in [3.63, 3.8) is 0 Å². The largest absolute Gasteiger partial charge is 0.378 e. The second kappa shape index (κ2) is 6.08. The third-order valence-electron chi connectivity index (χ3n) is 3.15. The predicted molar refractivity (Wildman–Crippen MR) is 65.4 cm³/mol. The van der Waals surface area contributed by atoms with Crippen LogP contribution in [0.25, 0.3) is 0 Å². The zero-order valence-corrected chi connectivity index (χ0v) is 10.4. The molecule has 0 aliphatic carbocycles. The Kier molecular flexibility index (Phi) is 4.44. The van der Waals surface area contributed by atoms with Crippen LogP contribution in [0.5, 0.6) is 0 Å². The molecule has 104 valence electrons. The second-order valence-electron chi connectivity index (χ2n) is 4.50. The smallest absolute Gasteiger partial charge is 0.256 e. The molecule has 6 heteroatoms. The van der Waals surface area contributed by atoms with Crippen molar-refractivity contribution in [2.45, 2.75) is 12.5 Å². The normalized spacial score (nSPS) is 17.9. The maximum Gasteiger partial charge on any atom is 0.256 e. The van der Waals surface area contributed by atoms with Crippen molar-refractivity contribution >= 4 is 5.91 Å². The summed E-state index contributed by atoms with van der Waals surface area (Å²) in [5.41, 5.74) is 0.0705. The van der Waals surface area contributed by atoms with E-state index >= 15 is 0 Å². The van der Waals surface area contributed by atoms with Gasteiger partial charge in [0, 0.05) is 19.6 Å². The van der Waals surface area contributed by atoms with Crippen LogP contribution in [0.3, 0.4) is 0 Å². The number of amides is 1. The molecule has 2 N–H and O–H groups in total. The summed E-state index contributed by atoms with van der Waals surface area (Å²) in [4.78, 5) is 13.6. The van der Waals surface area contributed by atoms with Gasteiger partial charge >= 0.3 is 0 Å². The van der Waals surface area contributed by atoms with Crippen molar-refractivity contribution in [1.29, 1.82) is 0 Å². The third kappa shape index (κ3) is 3.27. The van der Waals surface area contributed by atoms with Crippen molar-refractivity contribution in [1.82, 2.24) is 10.2 Å². The van der Waals surface area contributed by atoms with Gasteiger partial charge in [0.15, 0.2) is 17.7 Å². The van der Waals surface area contributed by atoms with E-state index in [2.05, 4.69) is 5.32 Å². The van der Waals surface area contributed by atoms with E-state index < -0.39 is 23.6 Å². The highest BCUT2D eigenvalue weighted by Crippen LogP contribution is 2.18. The van der Waals surface area contributed by atoms with Gasteiger partial charge in [-0.05, 0) is 30.7 Å². The summed E-state index contributed by atoms with van der Waals surface area (Å²) in [6, 6.07) is 2.98. The summed E-state index contributed by atoms with van der Waals surface area (Å²) in [6.07, 6.45) is -0.649. The maximum absolute atomic E-state index is 13.1. The van der Waals surface area contributed by atoms with Crippen LogP contribution in [0.1, 0.15) is 18.1 Å². The standard InChI is InChI=1S/C13H16F2N2O2/c14-10-3-2-9(8-11(10)15)12(18)13(19)17-6-1-4-16-5-7-17/h2-3,8,12,16,18H,1,4-7H2. The third-order valence-corrected chi connectivity index (χ3v) is 3.15. The summed E-state index contributed by atoms with van der Waals surface area (Å²) >= 11 is 0. The average molecular weight is 270 g/mol. The van der Waals surface area contributed by atoms with Crippen LogP contribution in [-0.4, -0.2) is 42.1 Å². The Bertz CT molecular complexity index is 460. The molecule has 1 aliphatic rings. The minimum absolute atomic E-state index is 0.0705. The molecule has 1 heterocycles. The zero-order valence-electron chi connectivity index (χ0n) is 10.4. The molecule has 1 saturated heterocycles. The number of carbonyl (C=O) groups is 1. The minimum Gasteiger partial charge on any atom is -0.378 e. The Morgan fingerprint density at radius 1 is 1.26 bits per heavy atom. The van der Waals surface area contributed by atoms with Gasteiger partial charge < -0.3 is 15.3 Å². The van der Waals surface area contributed by atoms with Crippen molar-refractivity contribution < 1.29 is 18.7 Å². The molecule has 1 unspecified atom stereocenters. The van der Waals surface area contributed by atoms with Crippen LogP contribution >= 0.6 is 0 Å². The zero-order chi connectivity index (χ0) is 13.8. The molecular weight excluding hydrogens is 254 g/mol. The predicted octanol–water partition coefficient (Wildman–Crippen LogP) is 0.820. The molecule has 0 radical (unpaired) electrons. The Hall–Kier alpha value is -1.53. The van der Waals surface area contributed by atoms with Gasteiger partial charge in [0.25, 0.3) is 5.91 Å². The first-order chi connectivity index (χ1) is 9.09. The van der Waals surface area contributed by atoms with E-state index in [-0.39, 0.29) is 5.56 Å². The molecule has 2 rings (SSSR count). The van der Waals surface area contributed by atoms with Crippen LogP contribution in [0.2, 0.25) is 0 Å². The van der Waals surface area contributed by atoms with Gasteiger partial charge in [0.2, 0.25) is 0 Å². The van der Waals surface area contributed by atoms with Crippen LogP contribution in [0.15, 0.2) is 18.2 Å².